The van der Waals surface area contributed by atoms with E-state index in [1.54, 1.807) is 0 Å². The molecule has 14 heavy (non-hydrogen) atoms. The van der Waals surface area contributed by atoms with E-state index in [0.717, 1.165) is 0 Å². The standard InChI is InChI=1S/C12H18N2/c13-12(10-4-2-1-3-5-10)11-6-8-14-9-7-11/h6-10,12H,1-5,13H2. The molecule has 1 aromatic rings. The minimum absolute atomic E-state index is 0.221. The van der Waals surface area contributed by atoms with Crippen LogP contribution in [0.4, 0.5) is 0 Å². The van der Waals surface area contributed by atoms with Gasteiger partial charge in [0.15, 0.2) is 0 Å². The van der Waals surface area contributed by atoms with Gasteiger partial charge < -0.3 is 5.73 Å². The van der Waals surface area contributed by atoms with E-state index < -0.39 is 0 Å². The van der Waals surface area contributed by atoms with Gasteiger partial charge in [0.25, 0.3) is 0 Å². The summed E-state index contributed by atoms with van der Waals surface area (Å²) < 4.78 is 0. The highest BCUT2D eigenvalue weighted by atomic mass is 14.7. The fourth-order valence-electron chi connectivity index (χ4n) is 2.35. The third-order valence-corrected chi connectivity index (χ3v) is 3.25. The molecule has 1 aliphatic carbocycles. The number of nitrogens with zero attached hydrogens (tertiary/aromatic N) is 1. The number of nitrogens with two attached hydrogens (primary N) is 1. The average molecular weight is 190 g/mol. The summed E-state index contributed by atoms with van der Waals surface area (Å²) in [7, 11) is 0. The third kappa shape index (κ3) is 2.13. The van der Waals surface area contributed by atoms with Crippen LogP contribution in [0.3, 0.4) is 0 Å². The van der Waals surface area contributed by atoms with Gasteiger partial charge in [-0.3, -0.25) is 4.98 Å². The first kappa shape index (κ1) is 9.66. The molecule has 0 aromatic carbocycles. The molecule has 1 unspecified atom stereocenters. The summed E-state index contributed by atoms with van der Waals surface area (Å²) in [4.78, 5) is 4.02. The van der Waals surface area contributed by atoms with Crippen LogP contribution < -0.4 is 5.73 Å². The summed E-state index contributed by atoms with van der Waals surface area (Å²) in [5, 5.41) is 0. The summed E-state index contributed by atoms with van der Waals surface area (Å²) in [6, 6.07) is 4.30. The van der Waals surface area contributed by atoms with Crippen LogP contribution in [0, 0.1) is 5.92 Å². The van der Waals surface area contributed by atoms with Crippen LogP contribution in [0.25, 0.3) is 0 Å². The maximum absolute atomic E-state index is 6.24. The number of aromatic nitrogens is 1. The molecule has 0 aliphatic heterocycles. The molecule has 1 heterocycles. The smallest absolute Gasteiger partial charge is 0.0324 e. The van der Waals surface area contributed by atoms with Crippen molar-refractivity contribution in [3.8, 4) is 0 Å². The minimum atomic E-state index is 0.221. The van der Waals surface area contributed by atoms with Crippen molar-refractivity contribution < 1.29 is 0 Å². The van der Waals surface area contributed by atoms with Gasteiger partial charge in [-0.25, -0.2) is 0 Å². The maximum atomic E-state index is 6.24. The number of hydrogen-bond donors (Lipinski definition) is 1. The van der Waals surface area contributed by atoms with E-state index in [0.29, 0.717) is 5.92 Å². The number of pyridine rings is 1. The van der Waals surface area contributed by atoms with Crippen molar-refractivity contribution in [2.75, 3.05) is 0 Å². The summed E-state index contributed by atoms with van der Waals surface area (Å²) in [6.07, 6.45) is 10.3. The minimum Gasteiger partial charge on any atom is -0.324 e. The van der Waals surface area contributed by atoms with Crippen molar-refractivity contribution in [3.05, 3.63) is 30.1 Å². The molecule has 1 saturated carbocycles. The van der Waals surface area contributed by atoms with Crippen LogP contribution in [0.2, 0.25) is 0 Å². The zero-order valence-electron chi connectivity index (χ0n) is 8.52. The van der Waals surface area contributed by atoms with Crippen LogP contribution in [0.15, 0.2) is 24.5 Å². The van der Waals surface area contributed by atoms with Crippen molar-refractivity contribution in [1.82, 2.24) is 4.98 Å². The largest absolute Gasteiger partial charge is 0.324 e. The lowest BCUT2D eigenvalue weighted by atomic mass is 9.82. The SMILES string of the molecule is NC(c1ccncc1)C1CCCCC1. The van der Waals surface area contributed by atoms with Gasteiger partial charge >= 0.3 is 0 Å². The Morgan fingerprint density at radius 1 is 1.14 bits per heavy atom. The lowest BCUT2D eigenvalue weighted by Gasteiger charge is -2.27. The van der Waals surface area contributed by atoms with E-state index >= 15 is 0 Å². The van der Waals surface area contributed by atoms with Gasteiger partial charge in [0.1, 0.15) is 0 Å². The van der Waals surface area contributed by atoms with Gasteiger partial charge in [-0.15, -0.1) is 0 Å². The van der Waals surface area contributed by atoms with Crippen LogP contribution >= 0.6 is 0 Å². The Bertz CT molecular complexity index is 265. The molecule has 1 atom stereocenters. The Kier molecular flexibility index (Phi) is 3.14. The zero-order valence-corrected chi connectivity index (χ0v) is 8.52. The highest BCUT2D eigenvalue weighted by Gasteiger charge is 2.21. The Labute approximate surface area is 85.5 Å². The fourth-order valence-corrected chi connectivity index (χ4v) is 2.35. The van der Waals surface area contributed by atoms with Gasteiger partial charge in [-0.05, 0) is 36.5 Å². The summed E-state index contributed by atoms with van der Waals surface area (Å²) >= 11 is 0. The number of rotatable bonds is 2. The Balaban J connectivity index is 2.03. The first-order valence-corrected chi connectivity index (χ1v) is 5.53. The lowest BCUT2D eigenvalue weighted by Crippen LogP contribution is -2.23. The average Bonchev–Trinajstić information content (AvgIpc) is 2.30. The molecule has 1 aliphatic rings. The monoisotopic (exact) mass is 190 g/mol. The normalized spacial score (nSPS) is 20.6. The maximum Gasteiger partial charge on any atom is 0.0324 e. The van der Waals surface area contributed by atoms with Gasteiger partial charge in [0.05, 0.1) is 0 Å². The zero-order chi connectivity index (χ0) is 9.80. The number of hydrogen-bond acceptors (Lipinski definition) is 2. The molecular weight excluding hydrogens is 172 g/mol. The lowest BCUT2D eigenvalue weighted by molar-refractivity contribution is 0.308. The summed E-state index contributed by atoms with van der Waals surface area (Å²) in [5.74, 6) is 0.686. The molecule has 0 spiro atoms. The van der Waals surface area contributed by atoms with Crippen molar-refractivity contribution in [2.45, 2.75) is 38.1 Å². The second kappa shape index (κ2) is 4.56. The van der Waals surface area contributed by atoms with E-state index in [4.69, 9.17) is 5.73 Å². The molecule has 2 nitrogen and oxygen atoms in total. The first-order valence-electron chi connectivity index (χ1n) is 5.53. The fraction of sp³-hybridized carbons (Fsp3) is 0.583. The molecule has 0 radical (unpaired) electrons. The highest BCUT2D eigenvalue weighted by Crippen LogP contribution is 2.32. The van der Waals surface area contributed by atoms with E-state index in [1.807, 2.05) is 24.5 Å². The molecule has 1 aromatic heterocycles. The van der Waals surface area contributed by atoms with E-state index in [9.17, 15) is 0 Å². The molecule has 1 fully saturated rings. The third-order valence-electron chi connectivity index (χ3n) is 3.25. The predicted molar refractivity (Wildman–Crippen MR) is 57.7 cm³/mol. The molecule has 2 rings (SSSR count). The van der Waals surface area contributed by atoms with Crippen molar-refractivity contribution in [1.29, 1.82) is 0 Å². The van der Waals surface area contributed by atoms with Crippen molar-refractivity contribution >= 4 is 0 Å². The van der Waals surface area contributed by atoms with Gasteiger partial charge in [0, 0.05) is 18.4 Å². The van der Waals surface area contributed by atoms with Crippen molar-refractivity contribution in [2.24, 2.45) is 11.7 Å². The molecular formula is C12H18N2. The molecule has 76 valence electrons. The van der Waals surface area contributed by atoms with Crippen LogP contribution in [0.5, 0.6) is 0 Å². The summed E-state index contributed by atoms with van der Waals surface area (Å²) in [5.41, 5.74) is 7.48. The van der Waals surface area contributed by atoms with Crippen LogP contribution in [-0.2, 0) is 0 Å². The Morgan fingerprint density at radius 3 is 2.43 bits per heavy atom. The molecule has 0 saturated heterocycles. The molecule has 2 N–H and O–H groups in total. The van der Waals surface area contributed by atoms with E-state index in [1.165, 1.54) is 37.7 Å². The topological polar surface area (TPSA) is 38.9 Å². The second-order valence-corrected chi connectivity index (χ2v) is 4.20. The molecule has 0 amide bonds. The van der Waals surface area contributed by atoms with Crippen molar-refractivity contribution in [3.63, 3.8) is 0 Å². The molecule has 2 heteroatoms. The Morgan fingerprint density at radius 2 is 1.79 bits per heavy atom. The van der Waals surface area contributed by atoms with E-state index in [2.05, 4.69) is 4.98 Å². The van der Waals surface area contributed by atoms with Crippen LogP contribution in [0.1, 0.15) is 43.7 Å². The highest BCUT2D eigenvalue weighted by molar-refractivity contribution is 5.15. The predicted octanol–water partition coefficient (Wildman–Crippen LogP) is 2.66. The Hall–Kier alpha value is -0.890. The van der Waals surface area contributed by atoms with Gasteiger partial charge in [-0.2, -0.15) is 0 Å². The second-order valence-electron chi connectivity index (χ2n) is 4.20. The molecule has 0 bridgehead atoms. The van der Waals surface area contributed by atoms with E-state index in [-0.39, 0.29) is 6.04 Å². The van der Waals surface area contributed by atoms with Gasteiger partial charge in [-0.1, -0.05) is 19.3 Å². The summed E-state index contributed by atoms with van der Waals surface area (Å²) in [6.45, 7) is 0. The first-order chi connectivity index (χ1) is 6.88. The quantitative estimate of drug-likeness (QED) is 0.778. The van der Waals surface area contributed by atoms with Gasteiger partial charge in [0.2, 0.25) is 0 Å². The van der Waals surface area contributed by atoms with Crippen LogP contribution in [-0.4, -0.2) is 4.98 Å².